The lowest BCUT2D eigenvalue weighted by molar-refractivity contribution is -0.121. The fourth-order valence-corrected chi connectivity index (χ4v) is 4.63. The lowest BCUT2D eigenvalue weighted by Crippen LogP contribution is -2.29. The second-order valence-corrected chi connectivity index (χ2v) is 8.25. The third-order valence-corrected chi connectivity index (χ3v) is 6.34. The molecule has 1 N–H and O–H groups in total. The molecule has 0 saturated heterocycles. The minimum atomic E-state index is -0.00545. The first-order valence-corrected chi connectivity index (χ1v) is 10.4. The summed E-state index contributed by atoms with van der Waals surface area (Å²) in [4.78, 5) is 17.2. The number of hydrogen-bond acceptors (Lipinski definition) is 2. The summed E-state index contributed by atoms with van der Waals surface area (Å²) in [6, 6.07) is 17.9. The number of hydrogen-bond donors (Lipinski definition) is 1. The highest BCUT2D eigenvalue weighted by molar-refractivity contribution is 6.30. The van der Waals surface area contributed by atoms with Crippen LogP contribution in [0.2, 0.25) is 5.02 Å². The molecule has 0 spiro atoms. The van der Waals surface area contributed by atoms with Gasteiger partial charge in [-0.1, -0.05) is 42.8 Å². The number of nitrogens with one attached hydrogen (secondary N) is 1. The Morgan fingerprint density at radius 1 is 1.07 bits per heavy atom. The largest absolute Gasteiger partial charge is 0.326 e. The molecule has 1 aliphatic rings. The van der Waals surface area contributed by atoms with Crippen molar-refractivity contribution in [2.24, 2.45) is 11.8 Å². The molecule has 1 saturated carbocycles. The Labute approximate surface area is 171 Å². The molecule has 28 heavy (non-hydrogen) atoms. The van der Waals surface area contributed by atoms with Crippen LogP contribution in [0.3, 0.4) is 0 Å². The quantitative estimate of drug-likeness (QED) is 0.555. The predicted octanol–water partition coefficient (Wildman–Crippen LogP) is 6.44. The molecule has 1 atom stereocenters. The third-order valence-electron chi connectivity index (χ3n) is 6.11. The molecule has 1 heterocycles. The van der Waals surface area contributed by atoms with E-state index in [1.165, 1.54) is 10.9 Å². The number of anilines is 1. The predicted molar refractivity (Wildman–Crippen MR) is 116 cm³/mol. The molecule has 3 aromatic rings. The van der Waals surface area contributed by atoms with Gasteiger partial charge < -0.3 is 5.32 Å². The number of pyridine rings is 1. The van der Waals surface area contributed by atoms with Gasteiger partial charge in [0.05, 0.1) is 5.52 Å². The number of halogens is 1. The molecule has 0 aliphatic heterocycles. The molecule has 0 unspecified atom stereocenters. The van der Waals surface area contributed by atoms with Gasteiger partial charge in [0, 0.05) is 28.2 Å². The van der Waals surface area contributed by atoms with Crippen LogP contribution in [-0.4, -0.2) is 10.9 Å². The topological polar surface area (TPSA) is 42.0 Å². The van der Waals surface area contributed by atoms with Gasteiger partial charge in [-0.25, -0.2) is 0 Å². The first kappa shape index (κ1) is 18.9. The van der Waals surface area contributed by atoms with Crippen LogP contribution in [0.1, 0.15) is 44.1 Å². The summed E-state index contributed by atoms with van der Waals surface area (Å²) in [7, 11) is 0. The van der Waals surface area contributed by atoms with Crippen LogP contribution in [-0.2, 0) is 4.79 Å². The van der Waals surface area contributed by atoms with Gasteiger partial charge in [0.2, 0.25) is 5.91 Å². The standard InChI is InChI=1S/C24H25ClN2O/c1-16(24(28)27-20-6-4-5-19(25)15-20)17-9-11-18(12-10-17)21-13-14-26-23-8-3-2-7-22(21)23/h2-8,13-18H,9-12H2,1H3,(H,27,28)/t16-,17?,18?/m1/s1. The van der Waals surface area contributed by atoms with Crippen molar-refractivity contribution in [3.63, 3.8) is 0 Å². The average molecular weight is 393 g/mol. The highest BCUT2D eigenvalue weighted by Gasteiger charge is 2.30. The Morgan fingerprint density at radius 3 is 2.64 bits per heavy atom. The summed E-state index contributed by atoms with van der Waals surface area (Å²) in [6.45, 7) is 2.05. The Morgan fingerprint density at radius 2 is 1.86 bits per heavy atom. The van der Waals surface area contributed by atoms with Gasteiger partial charge in [-0.15, -0.1) is 0 Å². The molecule has 0 bridgehead atoms. The van der Waals surface area contributed by atoms with Gasteiger partial charge in [-0.2, -0.15) is 0 Å². The highest BCUT2D eigenvalue weighted by Crippen LogP contribution is 2.40. The fraction of sp³-hybridized carbons (Fsp3) is 0.333. The van der Waals surface area contributed by atoms with Crippen LogP contribution in [0.25, 0.3) is 10.9 Å². The second-order valence-electron chi connectivity index (χ2n) is 7.82. The minimum Gasteiger partial charge on any atom is -0.326 e. The number of rotatable bonds is 4. The smallest absolute Gasteiger partial charge is 0.227 e. The van der Waals surface area contributed by atoms with E-state index in [-0.39, 0.29) is 11.8 Å². The van der Waals surface area contributed by atoms with Crippen molar-refractivity contribution < 1.29 is 4.79 Å². The summed E-state index contributed by atoms with van der Waals surface area (Å²) in [5.41, 5.74) is 3.23. The first-order valence-electron chi connectivity index (χ1n) is 10.0. The number of carbonyl (C=O) groups excluding carboxylic acids is 1. The van der Waals surface area contributed by atoms with Crippen LogP contribution in [0.4, 0.5) is 5.69 Å². The zero-order chi connectivity index (χ0) is 19.5. The SMILES string of the molecule is C[C@@H](C(=O)Nc1cccc(Cl)c1)C1CCC(c2ccnc3ccccc23)CC1. The van der Waals surface area contributed by atoms with E-state index in [1.54, 1.807) is 6.07 Å². The summed E-state index contributed by atoms with van der Waals surface area (Å²) >= 11 is 6.02. The zero-order valence-electron chi connectivity index (χ0n) is 16.1. The van der Waals surface area contributed by atoms with Crippen LogP contribution in [0.15, 0.2) is 60.8 Å². The van der Waals surface area contributed by atoms with Crippen LogP contribution < -0.4 is 5.32 Å². The van der Waals surface area contributed by atoms with Crippen molar-refractivity contribution in [2.45, 2.75) is 38.5 Å². The highest BCUT2D eigenvalue weighted by atomic mass is 35.5. The van der Waals surface area contributed by atoms with Gasteiger partial charge in [0.15, 0.2) is 0 Å². The average Bonchev–Trinajstić information content (AvgIpc) is 2.73. The zero-order valence-corrected chi connectivity index (χ0v) is 16.8. The maximum Gasteiger partial charge on any atom is 0.227 e. The number of benzene rings is 2. The normalized spacial score (nSPS) is 20.6. The van der Waals surface area contributed by atoms with Crippen molar-refractivity contribution in [1.82, 2.24) is 4.98 Å². The van der Waals surface area contributed by atoms with Crippen molar-refractivity contribution in [3.8, 4) is 0 Å². The van der Waals surface area contributed by atoms with E-state index < -0.39 is 0 Å². The van der Waals surface area contributed by atoms with Gasteiger partial charge in [0.25, 0.3) is 0 Å². The number of aromatic nitrogens is 1. The van der Waals surface area contributed by atoms with E-state index in [4.69, 9.17) is 11.6 Å². The minimum absolute atomic E-state index is 0.00545. The van der Waals surface area contributed by atoms with Gasteiger partial charge in [-0.3, -0.25) is 9.78 Å². The van der Waals surface area contributed by atoms with Gasteiger partial charge >= 0.3 is 0 Å². The summed E-state index contributed by atoms with van der Waals surface area (Å²) < 4.78 is 0. The number of para-hydroxylation sites is 1. The van der Waals surface area contributed by atoms with E-state index in [0.717, 1.165) is 36.9 Å². The Hall–Kier alpha value is -2.39. The first-order chi connectivity index (χ1) is 13.6. The third kappa shape index (κ3) is 4.05. The maximum absolute atomic E-state index is 12.7. The molecule has 4 heteroatoms. The molecule has 1 fully saturated rings. The summed E-state index contributed by atoms with van der Waals surface area (Å²) in [5, 5.41) is 4.91. The Bertz CT molecular complexity index is 974. The molecular weight excluding hydrogens is 368 g/mol. The molecule has 2 aromatic carbocycles. The number of carbonyl (C=O) groups is 1. The number of nitrogens with zero attached hydrogens (tertiary/aromatic N) is 1. The van der Waals surface area contributed by atoms with Crippen LogP contribution >= 0.6 is 11.6 Å². The molecule has 0 radical (unpaired) electrons. The van der Waals surface area contributed by atoms with Crippen molar-refractivity contribution in [3.05, 3.63) is 71.4 Å². The lowest BCUT2D eigenvalue weighted by Gasteiger charge is -2.32. The molecule has 3 nitrogen and oxygen atoms in total. The second kappa shape index (κ2) is 8.32. The lowest BCUT2D eigenvalue weighted by atomic mass is 9.73. The Balaban J connectivity index is 1.40. The van der Waals surface area contributed by atoms with Gasteiger partial charge in [0.1, 0.15) is 0 Å². The van der Waals surface area contributed by atoms with Crippen molar-refractivity contribution >= 4 is 34.1 Å². The van der Waals surface area contributed by atoms with Crippen LogP contribution in [0.5, 0.6) is 0 Å². The fourth-order valence-electron chi connectivity index (χ4n) is 4.44. The molecular formula is C24H25ClN2O. The number of fused-ring (bicyclic) bond motifs is 1. The van der Waals surface area contributed by atoms with Crippen LogP contribution in [0, 0.1) is 11.8 Å². The summed E-state index contributed by atoms with van der Waals surface area (Å²) in [6.07, 6.45) is 6.31. The van der Waals surface area contributed by atoms with E-state index in [0.29, 0.717) is 16.9 Å². The van der Waals surface area contributed by atoms with Gasteiger partial charge in [-0.05, 0) is 73.4 Å². The number of amides is 1. The molecule has 4 rings (SSSR count). The molecule has 1 aromatic heterocycles. The maximum atomic E-state index is 12.7. The van der Waals surface area contributed by atoms with E-state index in [9.17, 15) is 4.79 Å². The Kier molecular flexibility index (Phi) is 5.63. The molecule has 1 amide bonds. The van der Waals surface area contributed by atoms with E-state index >= 15 is 0 Å². The van der Waals surface area contributed by atoms with Crippen molar-refractivity contribution in [1.29, 1.82) is 0 Å². The van der Waals surface area contributed by atoms with E-state index in [2.05, 4.69) is 34.6 Å². The van der Waals surface area contributed by atoms with E-state index in [1.807, 2.05) is 37.4 Å². The summed E-state index contributed by atoms with van der Waals surface area (Å²) in [5.74, 6) is 1.05. The van der Waals surface area contributed by atoms with Crippen molar-refractivity contribution in [2.75, 3.05) is 5.32 Å². The molecule has 144 valence electrons. The molecule has 1 aliphatic carbocycles. The monoisotopic (exact) mass is 392 g/mol.